The Bertz CT molecular complexity index is 368. The van der Waals surface area contributed by atoms with Crippen molar-refractivity contribution >= 4 is 33.5 Å². The molecular formula is C9H7BrClFO2. The van der Waals surface area contributed by atoms with Crippen molar-refractivity contribution in [1.29, 1.82) is 0 Å². The minimum atomic E-state index is -0.919. The fourth-order valence-electron chi connectivity index (χ4n) is 1.03. The van der Waals surface area contributed by atoms with Crippen LogP contribution in [-0.2, 0) is 11.2 Å². The van der Waals surface area contributed by atoms with Crippen LogP contribution >= 0.6 is 27.5 Å². The van der Waals surface area contributed by atoms with Crippen LogP contribution < -0.4 is 0 Å². The molecule has 0 aliphatic carbocycles. The molecule has 0 fully saturated rings. The molecule has 76 valence electrons. The maximum atomic E-state index is 12.9. The lowest BCUT2D eigenvalue weighted by Gasteiger charge is -2.04. The zero-order valence-electron chi connectivity index (χ0n) is 7.06. The largest absolute Gasteiger partial charge is 0.481 e. The SMILES string of the molecule is O=C(O)CCc1cc(F)cc(Cl)c1Br. The molecule has 14 heavy (non-hydrogen) atoms. The van der Waals surface area contributed by atoms with Gasteiger partial charge in [-0.1, -0.05) is 11.6 Å². The zero-order valence-corrected chi connectivity index (χ0v) is 9.40. The number of hydrogen-bond donors (Lipinski definition) is 1. The monoisotopic (exact) mass is 280 g/mol. The quantitative estimate of drug-likeness (QED) is 0.864. The van der Waals surface area contributed by atoms with E-state index in [1.165, 1.54) is 12.1 Å². The second kappa shape index (κ2) is 4.75. The number of benzene rings is 1. The van der Waals surface area contributed by atoms with Gasteiger partial charge in [-0.05, 0) is 40.0 Å². The molecule has 0 radical (unpaired) electrons. The Labute approximate surface area is 93.8 Å². The summed E-state index contributed by atoms with van der Waals surface area (Å²) >= 11 is 8.87. The summed E-state index contributed by atoms with van der Waals surface area (Å²) in [5.74, 6) is -1.38. The average molecular weight is 282 g/mol. The smallest absolute Gasteiger partial charge is 0.303 e. The lowest BCUT2D eigenvalue weighted by molar-refractivity contribution is -0.136. The van der Waals surface area contributed by atoms with E-state index in [-0.39, 0.29) is 17.9 Å². The summed E-state index contributed by atoms with van der Waals surface area (Å²) in [5, 5.41) is 8.72. The first kappa shape index (κ1) is 11.5. The van der Waals surface area contributed by atoms with Gasteiger partial charge in [0.2, 0.25) is 0 Å². The molecular weight excluding hydrogens is 274 g/mol. The van der Waals surface area contributed by atoms with E-state index in [1.807, 2.05) is 0 Å². The van der Waals surface area contributed by atoms with Crippen molar-refractivity contribution in [3.8, 4) is 0 Å². The van der Waals surface area contributed by atoms with Crippen LogP contribution in [0, 0.1) is 5.82 Å². The molecule has 0 amide bonds. The molecule has 5 heteroatoms. The normalized spacial score (nSPS) is 10.2. The van der Waals surface area contributed by atoms with Gasteiger partial charge in [0, 0.05) is 10.9 Å². The molecule has 0 aliphatic rings. The summed E-state index contributed by atoms with van der Waals surface area (Å²) in [7, 11) is 0. The Balaban J connectivity index is 2.90. The number of carboxylic acids is 1. The topological polar surface area (TPSA) is 37.3 Å². The highest BCUT2D eigenvalue weighted by Gasteiger charge is 2.08. The van der Waals surface area contributed by atoms with E-state index in [0.717, 1.165) is 0 Å². The third kappa shape index (κ3) is 2.96. The summed E-state index contributed by atoms with van der Waals surface area (Å²) in [6, 6.07) is 2.45. The molecule has 0 aliphatic heterocycles. The van der Waals surface area contributed by atoms with Crippen LogP contribution in [0.15, 0.2) is 16.6 Å². The molecule has 0 saturated heterocycles. The summed E-state index contributed by atoms with van der Waals surface area (Å²) in [6.45, 7) is 0. The molecule has 2 nitrogen and oxygen atoms in total. The molecule has 1 N–H and O–H groups in total. The molecule has 0 bridgehead atoms. The van der Waals surface area contributed by atoms with E-state index in [0.29, 0.717) is 10.0 Å². The van der Waals surface area contributed by atoms with Crippen molar-refractivity contribution in [2.75, 3.05) is 0 Å². The van der Waals surface area contributed by atoms with E-state index in [9.17, 15) is 9.18 Å². The van der Waals surface area contributed by atoms with Gasteiger partial charge in [-0.3, -0.25) is 4.79 Å². The van der Waals surface area contributed by atoms with Gasteiger partial charge >= 0.3 is 5.97 Å². The predicted molar refractivity (Wildman–Crippen MR) is 55.1 cm³/mol. The number of carboxylic acid groups (broad SMARTS) is 1. The molecule has 0 spiro atoms. The Morgan fingerprint density at radius 1 is 1.57 bits per heavy atom. The van der Waals surface area contributed by atoms with Crippen LogP contribution in [0.4, 0.5) is 4.39 Å². The first-order valence-electron chi connectivity index (χ1n) is 3.86. The van der Waals surface area contributed by atoms with E-state index in [1.54, 1.807) is 0 Å². The highest BCUT2D eigenvalue weighted by Crippen LogP contribution is 2.28. The van der Waals surface area contributed by atoms with Crippen LogP contribution in [0.5, 0.6) is 0 Å². The van der Waals surface area contributed by atoms with Gasteiger partial charge in [0.1, 0.15) is 5.82 Å². The number of hydrogen-bond acceptors (Lipinski definition) is 1. The highest BCUT2D eigenvalue weighted by molar-refractivity contribution is 9.10. The van der Waals surface area contributed by atoms with Gasteiger partial charge in [0.25, 0.3) is 0 Å². The number of rotatable bonds is 3. The summed E-state index contributed by atoms with van der Waals surface area (Å²) in [5.41, 5.74) is 0.567. The Hall–Kier alpha value is -0.610. The van der Waals surface area contributed by atoms with Gasteiger partial charge in [0.05, 0.1) is 5.02 Å². The maximum Gasteiger partial charge on any atom is 0.303 e. The maximum absolute atomic E-state index is 12.9. The number of aliphatic carboxylic acids is 1. The average Bonchev–Trinajstić information content (AvgIpc) is 2.08. The van der Waals surface area contributed by atoms with E-state index in [2.05, 4.69) is 15.9 Å². The Morgan fingerprint density at radius 3 is 2.79 bits per heavy atom. The second-order valence-electron chi connectivity index (χ2n) is 2.75. The zero-order chi connectivity index (χ0) is 10.7. The summed E-state index contributed by atoms with van der Waals surface area (Å²) < 4.78 is 13.4. The highest BCUT2D eigenvalue weighted by atomic mass is 79.9. The third-order valence-corrected chi connectivity index (χ3v) is 3.14. The molecule has 1 aromatic carbocycles. The van der Waals surface area contributed by atoms with Crippen molar-refractivity contribution in [3.63, 3.8) is 0 Å². The van der Waals surface area contributed by atoms with Crippen LogP contribution in [-0.4, -0.2) is 11.1 Å². The fourth-order valence-corrected chi connectivity index (χ4v) is 1.69. The third-order valence-electron chi connectivity index (χ3n) is 1.68. The number of aryl methyl sites for hydroxylation is 1. The van der Waals surface area contributed by atoms with Gasteiger partial charge in [0.15, 0.2) is 0 Å². The van der Waals surface area contributed by atoms with Crippen LogP contribution in [0.3, 0.4) is 0 Å². The lowest BCUT2D eigenvalue weighted by Crippen LogP contribution is -1.98. The second-order valence-corrected chi connectivity index (χ2v) is 3.95. The first-order chi connectivity index (χ1) is 6.50. The molecule has 0 atom stereocenters. The minimum Gasteiger partial charge on any atom is -0.481 e. The summed E-state index contributed by atoms with van der Waals surface area (Å²) in [6.07, 6.45) is 0.214. The lowest BCUT2D eigenvalue weighted by atomic mass is 10.1. The van der Waals surface area contributed by atoms with Crippen molar-refractivity contribution in [1.82, 2.24) is 0 Å². The predicted octanol–water partition coefficient (Wildman–Crippen LogP) is 3.26. The van der Waals surface area contributed by atoms with E-state index in [4.69, 9.17) is 16.7 Å². The van der Waals surface area contributed by atoms with Gasteiger partial charge in [-0.25, -0.2) is 4.39 Å². The van der Waals surface area contributed by atoms with Gasteiger partial charge < -0.3 is 5.11 Å². The summed E-state index contributed by atoms with van der Waals surface area (Å²) in [4.78, 5) is 10.3. The van der Waals surface area contributed by atoms with Crippen molar-refractivity contribution in [2.24, 2.45) is 0 Å². The van der Waals surface area contributed by atoms with Crippen LogP contribution in [0.25, 0.3) is 0 Å². The molecule has 1 rings (SSSR count). The number of carbonyl (C=O) groups is 1. The van der Waals surface area contributed by atoms with Crippen molar-refractivity contribution in [2.45, 2.75) is 12.8 Å². The van der Waals surface area contributed by atoms with Crippen molar-refractivity contribution in [3.05, 3.63) is 33.0 Å². The molecule has 0 saturated carbocycles. The standard InChI is InChI=1S/C9H7BrClFO2/c10-9-5(1-2-8(13)14)3-6(12)4-7(9)11/h3-4H,1-2H2,(H,13,14). The van der Waals surface area contributed by atoms with Crippen molar-refractivity contribution < 1.29 is 14.3 Å². The first-order valence-corrected chi connectivity index (χ1v) is 5.03. The minimum absolute atomic E-state index is 0.0433. The van der Waals surface area contributed by atoms with Gasteiger partial charge in [-0.15, -0.1) is 0 Å². The van der Waals surface area contributed by atoms with Gasteiger partial charge in [-0.2, -0.15) is 0 Å². The fraction of sp³-hybridized carbons (Fsp3) is 0.222. The molecule has 1 aromatic rings. The van der Waals surface area contributed by atoms with Crippen LogP contribution in [0.1, 0.15) is 12.0 Å². The number of halogens is 3. The Kier molecular flexibility index (Phi) is 3.89. The molecule has 0 heterocycles. The van der Waals surface area contributed by atoms with E-state index < -0.39 is 11.8 Å². The Morgan fingerprint density at radius 2 is 2.21 bits per heavy atom. The molecule has 0 aromatic heterocycles. The van der Waals surface area contributed by atoms with Crippen LogP contribution in [0.2, 0.25) is 5.02 Å². The van der Waals surface area contributed by atoms with E-state index >= 15 is 0 Å². The molecule has 0 unspecified atom stereocenters.